The summed E-state index contributed by atoms with van der Waals surface area (Å²) in [4.78, 5) is 20.6. The summed E-state index contributed by atoms with van der Waals surface area (Å²) in [5.74, 6) is 0.109. The lowest BCUT2D eigenvalue weighted by molar-refractivity contribution is -0.113. The van der Waals surface area contributed by atoms with Crippen LogP contribution >= 0.6 is 23.1 Å². The van der Waals surface area contributed by atoms with Gasteiger partial charge in [0.2, 0.25) is 11.0 Å². The highest BCUT2D eigenvalue weighted by Crippen LogP contribution is 2.27. The van der Waals surface area contributed by atoms with E-state index in [1.807, 2.05) is 19.9 Å². The summed E-state index contributed by atoms with van der Waals surface area (Å²) in [5.41, 5.74) is 1.73. The number of amides is 1. The second-order valence-electron chi connectivity index (χ2n) is 5.93. The summed E-state index contributed by atoms with van der Waals surface area (Å²) in [5, 5.41) is 12.9. The number of rotatable bonds is 4. The molecule has 0 saturated carbocycles. The molecule has 0 radical (unpaired) electrons. The maximum absolute atomic E-state index is 12.0. The van der Waals surface area contributed by atoms with Crippen LogP contribution in [0.4, 0.5) is 5.13 Å². The number of aryl methyl sites for hydroxylation is 2. The molecule has 2 aromatic rings. The van der Waals surface area contributed by atoms with Crippen LogP contribution in [-0.4, -0.2) is 31.8 Å². The zero-order valence-corrected chi connectivity index (χ0v) is 14.9. The number of anilines is 1. The second kappa shape index (κ2) is 6.70. The topological polar surface area (TPSA) is 80.7 Å². The van der Waals surface area contributed by atoms with Crippen LogP contribution < -0.4 is 5.32 Å². The summed E-state index contributed by atoms with van der Waals surface area (Å²) in [6.07, 6.45) is 0. The summed E-state index contributed by atoms with van der Waals surface area (Å²) < 4.78 is 0. The lowest BCUT2D eigenvalue weighted by Crippen LogP contribution is -2.14. The van der Waals surface area contributed by atoms with Gasteiger partial charge in [-0.2, -0.15) is 0 Å². The molecule has 0 aliphatic carbocycles. The van der Waals surface area contributed by atoms with Crippen molar-refractivity contribution < 1.29 is 4.79 Å². The molecule has 0 aromatic carbocycles. The molecule has 0 unspecified atom stereocenters. The Kier molecular flexibility index (Phi) is 5.12. The normalized spacial score (nSPS) is 11.5. The van der Waals surface area contributed by atoms with Crippen LogP contribution in [0.1, 0.15) is 37.2 Å². The first-order valence-electron chi connectivity index (χ1n) is 6.83. The van der Waals surface area contributed by atoms with E-state index in [2.05, 4.69) is 46.3 Å². The highest BCUT2D eigenvalue weighted by Gasteiger charge is 2.20. The third-order valence-corrected chi connectivity index (χ3v) is 4.72. The summed E-state index contributed by atoms with van der Waals surface area (Å²) in [6, 6.07) is 1.90. The standard InChI is InChI=1S/C14H19N5OS2/c1-8-6-9(2)16-12(15-8)21-7-10(20)17-13-19-18-11(22-13)14(3,4)5/h6H,7H2,1-5H3,(H,17,19,20). The molecule has 0 saturated heterocycles. The minimum Gasteiger partial charge on any atom is -0.300 e. The monoisotopic (exact) mass is 337 g/mol. The number of aromatic nitrogens is 4. The van der Waals surface area contributed by atoms with Gasteiger partial charge in [-0.25, -0.2) is 9.97 Å². The Morgan fingerprint density at radius 3 is 2.41 bits per heavy atom. The van der Waals surface area contributed by atoms with E-state index >= 15 is 0 Å². The van der Waals surface area contributed by atoms with Gasteiger partial charge in [-0.05, 0) is 19.9 Å². The molecule has 2 heterocycles. The van der Waals surface area contributed by atoms with Gasteiger partial charge >= 0.3 is 0 Å². The fraction of sp³-hybridized carbons (Fsp3) is 0.500. The highest BCUT2D eigenvalue weighted by atomic mass is 32.2. The van der Waals surface area contributed by atoms with Crippen molar-refractivity contribution in [2.75, 3.05) is 11.1 Å². The van der Waals surface area contributed by atoms with Crippen molar-refractivity contribution in [2.24, 2.45) is 0 Å². The number of hydrogen-bond acceptors (Lipinski definition) is 7. The predicted octanol–water partition coefficient (Wildman–Crippen LogP) is 2.97. The van der Waals surface area contributed by atoms with Gasteiger partial charge in [0.1, 0.15) is 5.01 Å². The SMILES string of the molecule is Cc1cc(C)nc(SCC(=O)Nc2nnc(C(C)(C)C)s2)n1. The van der Waals surface area contributed by atoms with Gasteiger partial charge in [-0.3, -0.25) is 10.1 Å². The van der Waals surface area contributed by atoms with E-state index in [0.717, 1.165) is 16.4 Å². The molecule has 0 bridgehead atoms. The van der Waals surface area contributed by atoms with E-state index in [-0.39, 0.29) is 17.1 Å². The third kappa shape index (κ3) is 4.74. The molecule has 2 rings (SSSR count). The predicted molar refractivity (Wildman–Crippen MR) is 89.5 cm³/mol. The summed E-state index contributed by atoms with van der Waals surface area (Å²) in [7, 11) is 0. The lowest BCUT2D eigenvalue weighted by atomic mass is 9.98. The zero-order valence-electron chi connectivity index (χ0n) is 13.3. The largest absolute Gasteiger partial charge is 0.300 e. The van der Waals surface area contributed by atoms with Crippen molar-refractivity contribution >= 4 is 34.1 Å². The van der Waals surface area contributed by atoms with Crippen LogP contribution in [0, 0.1) is 13.8 Å². The molecule has 1 amide bonds. The van der Waals surface area contributed by atoms with Crippen molar-refractivity contribution in [3.05, 3.63) is 22.5 Å². The first-order valence-corrected chi connectivity index (χ1v) is 8.63. The van der Waals surface area contributed by atoms with Crippen LogP contribution in [-0.2, 0) is 10.2 Å². The van der Waals surface area contributed by atoms with Crippen molar-refractivity contribution in [1.29, 1.82) is 0 Å². The van der Waals surface area contributed by atoms with Crippen LogP contribution in [0.2, 0.25) is 0 Å². The molecule has 0 spiro atoms. The lowest BCUT2D eigenvalue weighted by Gasteiger charge is -2.12. The Bertz CT molecular complexity index is 658. The summed E-state index contributed by atoms with van der Waals surface area (Å²) in [6.45, 7) is 10.0. The molecule has 118 valence electrons. The maximum Gasteiger partial charge on any atom is 0.236 e. The molecule has 0 atom stereocenters. The van der Waals surface area contributed by atoms with Gasteiger partial charge in [0.15, 0.2) is 5.16 Å². The van der Waals surface area contributed by atoms with E-state index in [0.29, 0.717) is 10.3 Å². The molecule has 0 aliphatic heterocycles. The third-order valence-electron chi connectivity index (χ3n) is 2.61. The Morgan fingerprint density at radius 1 is 1.23 bits per heavy atom. The summed E-state index contributed by atoms with van der Waals surface area (Å²) >= 11 is 2.71. The molecule has 1 N–H and O–H groups in total. The first-order chi connectivity index (χ1) is 10.2. The smallest absolute Gasteiger partial charge is 0.236 e. The average molecular weight is 337 g/mol. The number of nitrogens with one attached hydrogen (secondary N) is 1. The minimum absolute atomic E-state index is 0.0671. The van der Waals surface area contributed by atoms with Crippen molar-refractivity contribution in [2.45, 2.75) is 45.2 Å². The van der Waals surface area contributed by atoms with E-state index in [1.54, 1.807) is 0 Å². The Hall–Kier alpha value is -1.54. The number of nitrogens with zero attached hydrogens (tertiary/aromatic N) is 4. The Morgan fingerprint density at radius 2 is 1.86 bits per heavy atom. The molecular weight excluding hydrogens is 318 g/mol. The molecular formula is C14H19N5OS2. The van der Waals surface area contributed by atoms with E-state index < -0.39 is 0 Å². The molecule has 8 heteroatoms. The number of carbonyl (C=O) groups excluding carboxylic acids is 1. The Balaban J connectivity index is 1.92. The van der Waals surface area contributed by atoms with Gasteiger partial charge in [-0.15, -0.1) is 10.2 Å². The molecule has 2 aromatic heterocycles. The zero-order chi connectivity index (χ0) is 16.3. The fourth-order valence-corrected chi connectivity index (χ4v) is 3.19. The molecule has 6 nitrogen and oxygen atoms in total. The van der Waals surface area contributed by atoms with Crippen LogP contribution in [0.25, 0.3) is 0 Å². The van der Waals surface area contributed by atoms with Crippen LogP contribution in [0.3, 0.4) is 0 Å². The Labute approximate surface area is 138 Å². The van der Waals surface area contributed by atoms with Crippen molar-refractivity contribution in [3.63, 3.8) is 0 Å². The molecule has 0 aliphatic rings. The van der Waals surface area contributed by atoms with Gasteiger partial charge in [0.25, 0.3) is 0 Å². The minimum atomic E-state index is -0.135. The average Bonchev–Trinajstić information content (AvgIpc) is 2.83. The van der Waals surface area contributed by atoms with E-state index in [9.17, 15) is 4.79 Å². The van der Waals surface area contributed by atoms with Crippen molar-refractivity contribution in [1.82, 2.24) is 20.2 Å². The molecule has 0 fully saturated rings. The second-order valence-corrected chi connectivity index (χ2v) is 7.85. The van der Waals surface area contributed by atoms with E-state index in [4.69, 9.17) is 0 Å². The number of carbonyl (C=O) groups is 1. The van der Waals surface area contributed by atoms with Gasteiger partial charge in [0.05, 0.1) is 5.75 Å². The first kappa shape index (κ1) is 16.8. The van der Waals surface area contributed by atoms with Gasteiger partial charge < -0.3 is 0 Å². The number of hydrogen-bond donors (Lipinski definition) is 1. The highest BCUT2D eigenvalue weighted by molar-refractivity contribution is 7.99. The van der Waals surface area contributed by atoms with Crippen molar-refractivity contribution in [3.8, 4) is 0 Å². The number of thioether (sulfide) groups is 1. The van der Waals surface area contributed by atoms with E-state index in [1.165, 1.54) is 23.1 Å². The quantitative estimate of drug-likeness (QED) is 0.682. The van der Waals surface area contributed by atoms with Gasteiger partial charge in [-0.1, -0.05) is 43.9 Å². The van der Waals surface area contributed by atoms with Crippen LogP contribution in [0.5, 0.6) is 0 Å². The fourth-order valence-electron chi connectivity index (χ4n) is 1.62. The van der Waals surface area contributed by atoms with Gasteiger partial charge in [0, 0.05) is 16.8 Å². The maximum atomic E-state index is 12.0. The molecule has 22 heavy (non-hydrogen) atoms. The van der Waals surface area contributed by atoms with Crippen LogP contribution in [0.15, 0.2) is 11.2 Å².